The highest BCUT2D eigenvalue weighted by Crippen LogP contribution is 2.39. The van der Waals surface area contributed by atoms with Gasteiger partial charge in [-0.05, 0) is 36.4 Å². The molecule has 2 aromatic heterocycles. The van der Waals surface area contributed by atoms with Gasteiger partial charge in [0, 0.05) is 11.9 Å². The van der Waals surface area contributed by atoms with Gasteiger partial charge in [-0.1, -0.05) is 0 Å². The first-order valence-corrected chi connectivity index (χ1v) is 6.14. The van der Waals surface area contributed by atoms with Crippen molar-refractivity contribution < 1.29 is 0 Å². The van der Waals surface area contributed by atoms with Gasteiger partial charge in [0.25, 0.3) is 0 Å². The van der Waals surface area contributed by atoms with Crippen molar-refractivity contribution in [2.45, 2.75) is 19.3 Å². The van der Waals surface area contributed by atoms with Crippen LogP contribution < -0.4 is 5.32 Å². The number of hydrogen-bond donors (Lipinski definition) is 1. The molecular formula is C10H10ClN3S. The van der Waals surface area contributed by atoms with E-state index >= 15 is 0 Å². The van der Waals surface area contributed by atoms with Crippen LogP contribution in [0.2, 0.25) is 5.28 Å². The van der Waals surface area contributed by atoms with E-state index in [1.54, 1.807) is 11.3 Å². The van der Waals surface area contributed by atoms with Crippen molar-refractivity contribution in [3.05, 3.63) is 15.7 Å². The van der Waals surface area contributed by atoms with Crippen LogP contribution in [0.1, 0.15) is 16.9 Å². The molecule has 1 N–H and O–H groups in total. The standard InChI is InChI=1S/C10H10ClN3S/c1-12-8-7-5-3-2-4-6(5)15-9(7)14-10(11)13-8/h2-4H2,1H3,(H,12,13,14). The predicted molar refractivity (Wildman–Crippen MR) is 64.0 cm³/mol. The summed E-state index contributed by atoms with van der Waals surface area (Å²) >= 11 is 7.62. The zero-order valence-corrected chi connectivity index (χ0v) is 9.87. The second kappa shape index (κ2) is 3.32. The van der Waals surface area contributed by atoms with Gasteiger partial charge in [0.05, 0.1) is 5.39 Å². The lowest BCUT2D eigenvalue weighted by atomic mass is 10.2. The van der Waals surface area contributed by atoms with Crippen molar-refractivity contribution in [2.24, 2.45) is 0 Å². The SMILES string of the molecule is CNc1nc(Cl)nc2sc3c(c12)CCC3. The third-order valence-electron chi connectivity index (χ3n) is 2.77. The molecule has 1 aliphatic rings. The van der Waals surface area contributed by atoms with E-state index in [0.717, 1.165) is 17.1 Å². The van der Waals surface area contributed by atoms with Crippen LogP contribution in [0.5, 0.6) is 0 Å². The molecule has 78 valence electrons. The zero-order chi connectivity index (χ0) is 10.4. The fourth-order valence-electron chi connectivity index (χ4n) is 2.15. The first kappa shape index (κ1) is 9.36. The van der Waals surface area contributed by atoms with Gasteiger partial charge < -0.3 is 5.32 Å². The van der Waals surface area contributed by atoms with Crippen LogP contribution in [0, 0.1) is 0 Å². The lowest BCUT2D eigenvalue weighted by Gasteiger charge is -2.02. The molecule has 5 heteroatoms. The first-order valence-electron chi connectivity index (χ1n) is 4.95. The maximum Gasteiger partial charge on any atom is 0.225 e. The smallest absolute Gasteiger partial charge is 0.225 e. The van der Waals surface area contributed by atoms with Crippen molar-refractivity contribution in [1.29, 1.82) is 0 Å². The van der Waals surface area contributed by atoms with E-state index in [4.69, 9.17) is 11.6 Å². The number of halogens is 1. The average Bonchev–Trinajstić information content (AvgIpc) is 2.75. The van der Waals surface area contributed by atoms with Crippen LogP contribution in [0.3, 0.4) is 0 Å². The molecule has 0 aromatic carbocycles. The molecule has 0 radical (unpaired) electrons. The molecule has 0 saturated heterocycles. The van der Waals surface area contributed by atoms with Crippen molar-refractivity contribution >= 4 is 39.0 Å². The molecule has 0 aliphatic heterocycles. The second-order valence-corrected chi connectivity index (χ2v) is 5.05. The molecule has 1 aliphatic carbocycles. The largest absolute Gasteiger partial charge is 0.372 e. The summed E-state index contributed by atoms with van der Waals surface area (Å²) in [5.41, 5.74) is 1.43. The van der Waals surface area contributed by atoms with Crippen molar-refractivity contribution in [2.75, 3.05) is 12.4 Å². The predicted octanol–water partition coefficient (Wildman–Crippen LogP) is 2.88. The Morgan fingerprint density at radius 3 is 3.00 bits per heavy atom. The minimum absolute atomic E-state index is 0.326. The lowest BCUT2D eigenvalue weighted by molar-refractivity contribution is 0.917. The van der Waals surface area contributed by atoms with Crippen LogP contribution in [0.15, 0.2) is 0 Å². The summed E-state index contributed by atoms with van der Waals surface area (Å²) < 4.78 is 0. The molecule has 0 fully saturated rings. The van der Waals surface area contributed by atoms with Crippen LogP contribution in [-0.2, 0) is 12.8 Å². The van der Waals surface area contributed by atoms with Crippen LogP contribution in [0.4, 0.5) is 5.82 Å². The summed E-state index contributed by atoms with van der Waals surface area (Å²) in [6.45, 7) is 0. The summed E-state index contributed by atoms with van der Waals surface area (Å²) in [7, 11) is 1.87. The van der Waals surface area contributed by atoms with E-state index in [2.05, 4.69) is 15.3 Å². The number of rotatable bonds is 1. The average molecular weight is 240 g/mol. The normalized spacial score (nSPS) is 14.5. The highest BCUT2D eigenvalue weighted by molar-refractivity contribution is 7.19. The number of nitrogens with one attached hydrogen (secondary N) is 1. The maximum absolute atomic E-state index is 5.87. The summed E-state index contributed by atoms with van der Waals surface area (Å²) in [4.78, 5) is 11.0. The molecule has 2 aromatic rings. The van der Waals surface area contributed by atoms with Gasteiger partial charge in [0.1, 0.15) is 10.6 Å². The molecule has 0 atom stereocenters. The number of thiophene rings is 1. The fraction of sp³-hybridized carbons (Fsp3) is 0.400. The summed E-state index contributed by atoms with van der Waals surface area (Å²) in [6, 6.07) is 0. The molecule has 0 spiro atoms. The quantitative estimate of drug-likeness (QED) is 0.778. The van der Waals surface area contributed by atoms with Gasteiger partial charge in [-0.3, -0.25) is 0 Å². The highest BCUT2D eigenvalue weighted by atomic mass is 35.5. The van der Waals surface area contributed by atoms with Gasteiger partial charge in [0.15, 0.2) is 0 Å². The molecular weight excluding hydrogens is 230 g/mol. The Labute approximate surface area is 96.5 Å². The monoisotopic (exact) mass is 239 g/mol. The number of hydrogen-bond acceptors (Lipinski definition) is 4. The molecule has 3 rings (SSSR count). The van der Waals surface area contributed by atoms with E-state index in [0.29, 0.717) is 5.28 Å². The molecule has 0 bridgehead atoms. The van der Waals surface area contributed by atoms with E-state index < -0.39 is 0 Å². The number of fused-ring (bicyclic) bond motifs is 3. The van der Waals surface area contributed by atoms with Crippen molar-refractivity contribution in [3.63, 3.8) is 0 Å². The van der Waals surface area contributed by atoms with Crippen LogP contribution in [0.25, 0.3) is 10.2 Å². The molecule has 15 heavy (non-hydrogen) atoms. The number of nitrogens with zero attached hydrogens (tertiary/aromatic N) is 2. The Morgan fingerprint density at radius 2 is 2.20 bits per heavy atom. The van der Waals surface area contributed by atoms with Crippen LogP contribution in [-0.4, -0.2) is 17.0 Å². The van der Waals surface area contributed by atoms with Crippen LogP contribution >= 0.6 is 22.9 Å². The number of aromatic nitrogens is 2. The zero-order valence-electron chi connectivity index (χ0n) is 8.30. The third kappa shape index (κ3) is 1.32. The fourth-order valence-corrected chi connectivity index (χ4v) is 3.63. The Hall–Kier alpha value is -0.870. The summed E-state index contributed by atoms with van der Waals surface area (Å²) in [5.74, 6) is 0.865. The first-order chi connectivity index (χ1) is 7.29. The summed E-state index contributed by atoms with van der Waals surface area (Å²) in [6.07, 6.45) is 3.58. The topological polar surface area (TPSA) is 37.8 Å². The van der Waals surface area contributed by atoms with Crippen molar-refractivity contribution in [3.8, 4) is 0 Å². The number of anilines is 1. The second-order valence-electron chi connectivity index (χ2n) is 3.63. The molecule has 0 saturated carbocycles. The van der Waals surface area contributed by atoms with Crippen molar-refractivity contribution in [1.82, 2.24) is 9.97 Å². The van der Waals surface area contributed by atoms with E-state index in [1.807, 2.05) is 7.05 Å². The van der Waals surface area contributed by atoms with E-state index in [1.165, 1.54) is 28.7 Å². The molecule has 3 nitrogen and oxygen atoms in total. The maximum atomic E-state index is 5.87. The Morgan fingerprint density at radius 1 is 1.33 bits per heavy atom. The Kier molecular flexibility index (Phi) is 2.07. The van der Waals surface area contributed by atoms with Gasteiger partial charge in [-0.15, -0.1) is 11.3 Å². The van der Waals surface area contributed by atoms with Gasteiger partial charge in [-0.25, -0.2) is 9.97 Å². The molecule has 0 unspecified atom stereocenters. The highest BCUT2D eigenvalue weighted by Gasteiger charge is 2.21. The Bertz CT molecular complexity index is 535. The third-order valence-corrected chi connectivity index (χ3v) is 4.13. The molecule has 0 amide bonds. The number of aryl methyl sites for hydroxylation is 2. The van der Waals surface area contributed by atoms with E-state index in [9.17, 15) is 0 Å². The van der Waals surface area contributed by atoms with Gasteiger partial charge in [0.2, 0.25) is 5.28 Å². The summed E-state index contributed by atoms with van der Waals surface area (Å²) in [5, 5.41) is 4.60. The van der Waals surface area contributed by atoms with Gasteiger partial charge >= 0.3 is 0 Å². The molecule has 2 heterocycles. The Balaban J connectivity index is 2.39. The van der Waals surface area contributed by atoms with E-state index in [-0.39, 0.29) is 0 Å². The minimum atomic E-state index is 0.326. The van der Waals surface area contributed by atoms with Gasteiger partial charge in [-0.2, -0.15) is 0 Å². The lowest BCUT2D eigenvalue weighted by Crippen LogP contribution is -1.96. The minimum Gasteiger partial charge on any atom is -0.372 e.